The van der Waals surface area contributed by atoms with Crippen molar-refractivity contribution in [3.05, 3.63) is 64.1 Å². The van der Waals surface area contributed by atoms with E-state index in [1.807, 2.05) is 62.5 Å². The number of hydrogen-bond acceptors (Lipinski definition) is 2. The van der Waals surface area contributed by atoms with Gasteiger partial charge in [-0.05, 0) is 49.1 Å². The number of carbonyl (C=O) groups is 1. The Balaban J connectivity index is 1.66. The van der Waals surface area contributed by atoms with E-state index in [9.17, 15) is 4.79 Å². The number of amides is 1. The minimum atomic E-state index is 0.168. The Labute approximate surface area is 152 Å². The van der Waals surface area contributed by atoms with Gasteiger partial charge in [-0.1, -0.05) is 46.3 Å². The molecule has 0 aliphatic rings. The Hall–Kier alpha value is -1.81. The molecule has 0 unspecified atom stereocenters. The van der Waals surface area contributed by atoms with Gasteiger partial charge in [0.05, 0.1) is 6.61 Å². The molecule has 128 valence electrons. The van der Waals surface area contributed by atoms with E-state index in [0.717, 1.165) is 28.6 Å². The van der Waals surface area contributed by atoms with Gasteiger partial charge in [-0.15, -0.1) is 0 Å². The van der Waals surface area contributed by atoms with Crippen molar-refractivity contribution < 1.29 is 9.53 Å². The third-order valence-electron chi connectivity index (χ3n) is 3.83. The van der Waals surface area contributed by atoms with Gasteiger partial charge in [-0.3, -0.25) is 4.79 Å². The summed E-state index contributed by atoms with van der Waals surface area (Å²) in [5.74, 6) is 1.06. The van der Waals surface area contributed by atoms with E-state index in [2.05, 4.69) is 15.9 Å². The lowest BCUT2D eigenvalue weighted by atomic mass is 10.2. The number of benzene rings is 2. The summed E-state index contributed by atoms with van der Waals surface area (Å²) in [6.45, 7) is 3.32. The van der Waals surface area contributed by atoms with E-state index in [1.54, 1.807) is 4.90 Å². The van der Waals surface area contributed by atoms with E-state index in [1.165, 1.54) is 5.56 Å². The minimum Gasteiger partial charge on any atom is -0.494 e. The highest BCUT2D eigenvalue weighted by Gasteiger charge is 2.10. The maximum Gasteiger partial charge on any atom is 0.222 e. The summed E-state index contributed by atoms with van der Waals surface area (Å²) in [4.78, 5) is 14.0. The third-order valence-corrected chi connectivity index (χ3v) is 4.61. The fraction of sp³-hybridized carbons (Fsp3) is 0.350. The molecule has 1 amide bonds. The first kappa shape index (κ1) is 18.5. The molecule has 2 rings (SSSR count). The van der Waals surface area contributed by atoms with E-state index >= 15 is 0 Å². The Morgan fingerprint density at radius 3 is 2.67 bits per heavy atom. The van der Waals surface area contributed by atoms with Gasteiger partial charge in [0, 0.05) is 24.5 Å². The number of halogens is 1. The summed E-state index contributed by atoms with van der Waals surface area (Å²) in [6, 6.07) is 16.0. The maximum atomic E-state index is 12.2. The fourth-order valence-electron chi connectivity index (χ4n) is 2.43. The van der Waals surface area contributed by atoms with E-state index in [4.69, 9.17) is 4.74 Å². The van der Waals surface area contributed by atoms with Crippen molar-refractivity contribution in [1.29, 1.82) is 0 Å². The lowest BCUT2D eigenvalue weighted by Gasteiger charge is -2.18. The molecule has 0 radical (unpaired) electrons. The Kier molecular flexibility index (Phi) is 7.32. The molecule has 0 saturated carbocycles. The Morgan fingerprint density at radius 1 is 1.12 bits per heavy atom. The highest BCUT2D eigenvalue weighted by atomic mass is 79.9. The molecule has 0 aliphatic carbocycles. The molecule has 0 bridgehead atoms. The first-order chi connectivity index (χ1) is 11.6. The molecular formula is C20H24BrNO2. The van der Waals surface area contributed by atoms with Gasteiger partial charge < -0.3 is 9.64 Å². The van der Waals surface area contributed by atoms with Crippen molar-refractivity contribution in [2.45, 2.75) is 32.7 Å². The molecule has 0 aromatic heterocycles. The smallest absolute Gasteiger partial charge is 0.222 e. The lowest BCUT2D eigenvalue weighted by Crippen LogP contribution is -2.26. The molecule has 0 N–H and O–H groups in total. The van der Waals surface area contributed by atoms with Crippen LogP contribution in [0.5, 0.6) is 5.75 Å². The molecule has 0 aliphatic heterocycles. The molecule has 2 aromatic rings. The summed E-state index contributed by atoms with van der Waals surface area (Å²) in [5.41, 5.74) is 2.31. The zero-order chi connectivity index (χ0) is 17.4. The van der Waals surface area contributed by atoms with E-state index < -0.39 is 0 Å². The van der Waals surface area contributed by atoms with Crippen LogP contribution < -0.4 is 4.74 Å². The van der Waals surface area contributed by atoms with Crippen molar-refractivity contribution in [2.75, 3.05) is 13.7 Å². The summed E-state index contributed by atoms with van der Waals surface area (Å²) in [7, 11) is 1.85. The third kappa shape index (κ3) is 6.00. The highest BCUT2D eigenvalue weighted by molar-refractivity contribution is 9.10. The molecule has 0 atom stereocenters. The highest BCUT2D eigenvalue weighted by Crippen LogP contribution is 2.18. The fourth-order valence-corrected chi connectivity index (χ4v) is 2.84. The van der Waals surface area contributed by atoms with Crippen LogP contribution in [0.3, 0.4) is 0 Å². The Morgan fingerprint density at radius 2 is 1.92 bits per heavy atom. The van der Waals surface area contributed by atoms with Crippen LogP contribution in [-0.4, -0.2) is 24.5 Å². The van der Waals surface area contributed by atoms with Gasteiger partial charge in [0.1, 0.15) is 5.75 Å². The van der Waals surface area contributed by atoms with Crippen LogP contribution in [0.15, 0.2) is 53.0 Å². The summed E-state index contributed by atoms with van der Waals surface area (Å²) >= 11 is 3.52. The van der Waals surface area contributed by atoms with Crippen molar-refractivity contribution in [3.8, 4) is 5.75 Å². The van der Waals surface area contributed by atoms with Gasteiger partial charge in [-0.25, -0.2) is 0 Å². The second-order valence-electron chi connectivity index (χ2n) is 5.96. The van der Waals surface area contributed by atoms with E-state index in [0.29, 0.717) is 19.6 Å². The SMILES string of the molecule is Cc1cccc(OCCCCC(=O)N(C)Cc2ccccc2Br)c1. The lowest BCUT2D eigenvalue weighted by molar-refractivity contribution is -0.130. The standard InChI is InChI=1S/C20H24BrNO2/c1-16-8-7-10-18(14-16)24-13-6-5-12-20(23)22(2)15-17-9-3-4-11-19(17)21/h3-4,7-11,14H,5-6,12-13,15H2,1-2H3. The monoisotopic (exact) mass is 389 g/mol. The zero-order valence-electron chi connectivity index (χ0n) is 14.3. The number of aryl methyl sites for hydroxylation is 1. The molecule has 3 nitrogen and oxygen atoms in total. The average Bonchev–Trinajstić information content (AvgIpc) is 2.56. The van der Waals surface area contributed by atoms with Gasteiger partial charge >= 0.3 is 0 Å². The second-order valence-corrected chi connectivity index (χ2v) is 6.82. The molecule has 4 heteroatoms. The van der Waals surface area contributed by atoms with Crippen molar-refractivity contribution in [3.63, 3.8) is 0 Å². The molecule has 0 saturated heterocycles. The average molecular weight is 390 g/mol. The van der Waals surface area contributed by atoms with Crippen LogP contribution in [0, 0.1) is 6.92 Å². The number of carbonyl (C=O) groups excluding carboxylic acids is 1. The summed E-state index contributed by atoms with van der Waals surface area (Å²) in [6.07, 6.45) is 2.27. The minimum absolute atomic E-state index is 0.168. The second kappa shape index (κ2) is 9.48. The molecular weight excluding hydrogens is 366 g/mol. The van der Waals surface area contributed by atoms with Crippen molar-refractivity contribution in [2.24, 2.45) is 0 Å². The van der Waals surface area contributed by atoms with Gasteiger partial charge in [-0.2, -0.15) is 0 Å². The van der Waals surface area contributed by atoms with Gasteiger partial charge in [0.25, 0.3) is 0 Å². The van der Waals surface area contributed by atoms with Gasteiger partial charge in [0.15, 0.2) is 0 Å². The summed E-state index contributed by atoms with van der Waals surface area (Å²) < 4.78 is 6.75. The quantitative estimate of drug-likeness (QED) is 0.596. The topological polar surface area (TPSA) is 29.5 Å². The van der Waals surface area contributed by atoms with Crippen molar-refractivity contribution >= 4 is 21.8 Å². The van der Waals surface area contributed by atoms with Crippen LogP contribution in [-0.2, 0) is 11.3 Å². The van der Waals surface area contributed by atoms with Gasteiger partial charge in [0.2, 0.25) is 5.91 Å². The van der Waals surface area contributed by atoms with Crippen LogP contribution >= 0.6 is 15.9 Å². The molecule has 2 aromatic carbocycles. The molecule has 0 spiro atoms. The van der Waals surface area contributed by atoms with Crippen LogP contribution in [0.4, 0.5) is 0 Å². The first-order valence-electron chi connectivity index (χ1n) is 8.23. The normalized spacial score (nSPS) is 10.5. The molecule has 24 heavy (non-hydrogen) atoms. The first-order valence-corrected chi connectivity index (χ1v) is 9.02. The number of ether oxygens (including phenoxy) is 1. The number of hydrogen-bond donors (Lipinski definition) is 0. The largest absolute Gasteiger partial charge is 0.494 e. The van der Waals surface area contributed by atoms with Crippen LogP contribution in [0.2, 0.25) is 0 Å². The van der Waals surface area contributed by atoms with E-state index in [-0.39, 0.29) is 5.91 Å². The van der Waals surface area contributed by atoms with Crippen molar-refractivity contribution in [1.82, 2.24) is 4.90 Å². The van der Waals surface area contributed by atoms with Crippen LogP contribution in [0.1, 0.15) is 30.4 Å². The zero-order valence-corrected chi connectivity index (χ0v) is 15.9. The summed E-state index contributed by atoms with van der Waals surface area (Å²) in [5, 5.41) is 0. The number of rotatable bonds is 8. The molecule has 0 fully saturated rings. The predicted octanol–water partition coefficient (Wildman–Crippen LogP) is 4.97. The predicted molar refractivity (Wildman–Crippen MR) is 101 cm³/mol. The maximum absolute atomic E-state index is 12.2. The number of unbranched alkanes of at least 4 members (excludes halogenated alkanes) is 1. The number of nitrogens with zero attached hydrogens (tertiary/aromatic N) is 1. The molecule has 0 heterocycles. The van der Waals surface area contributed by atoms with Crippen LogP contribution in [0.25, 0.3) is 0 Å². The Bertz CT molecular complexity index is 672.